The van der Waals surface area contributed by atoms with E-state index in [0.29, 0.717) is 79.3 Å². The third kappa shape index (κ3) is 23.4. The molecule has 0 rings (SSSR count). The van der Waals surface area contributed by atoms with Gasteiger partial charge in [-0.05, 0) is 19.6 Å². The maximum absolute atomic E-state index is 10.8. The zero-order chi connectivity index (χ0) is 20.9. The van der Waals surface area contributed by atoms with E-state index >= 15 is 0 Å². The lowest BCUT2D eigenvalue weighted by atomic mass is 10.6. The number of hydrogen-bond acceptors (Lipinski definition) is 9. The van der Waals surface area contributed by atoms with Crippen LogP contribution in [0.5, 0.6) is 0 Å². The Bertz CT molecular complexity index is 350. The van der Waals surface area contributed by atoms with E-state index in [0.717, 1.165) is 0 Å². The Morgan fingerprint density at radius 3 is 1.21 bits per heavy atom. The van der Waals surface area contributed by atoms with Crippen molar-refractivity contribution in [1.29, 1.82) is 0 Å². The second kappa shape index (κ2) is 19.7. The summed E-state index contributed by atoms with van der Waals surface area (Å²) >= 11 is 0. The Balaban J connectivity index is 3.06. The largest absolute Gasteiger partial charge is 0.467 e. The van der Waals surface area contributed by atoms with Gasteiger partial charge in [-0.1, -0.05) is 0 Å². The maximum Gasteiger partial charge on any atom is 0.331 e. The molecule has 0 radical (unpaired) electrons. The third-order valence-electron chi connectivity index (χ3n) is 3.07. The molecule has 0 atom stereocenters. The molecule has 0 aromatic heterocycles. The molecule has 0 saturated heterocycles. The standard InChI is InChI=1S/C18H38O9Si/c1-20-18(19)17-26-14-13-24-10-9-22-6-5-21-7-8-23-11-12-25-15-16-27-28(2,3)4/h5-17H2,1-4H3. The van der Waals surface area contributed by atoms with Crippen molar-refractivity contribution < 1.29 is 42.4 Å². The number of carbonyl (C=O) groups excluding carboxylic acids is 1. The summed E-state index contributed by atoms with van der Waals surface area (Å²) < 4.78 is 42.1. The lowest BCUT2D eigenvalue weighted by Crippen LogP contribution is -2.27. The molecule has 0 heterocycles. The van der Waals surface area contributed by atoms with E-state index in [4.69, 9.17) is 32.8 Å². The zero-order valence-corrected chi connectivity index (χ0v) is 18.9. The van der Waals surface area contributed by atoms with Crippen molar-refractivity contribution in [3.8, 4) is 0 Å². The first-order valence-electron chi connectivity index (χ1n) is 9.63. The molecular formula is C18H38O9Si. The molecule has 28 heavy (non-hydrogen) atoms. The molecule has 0 aromatic carbocycles. The molecule has 0 amide bonds. The van der Waals surface area contributed by atoms with E-state index in [-0.39, 0.29) is 6.61 Å². The molecule has 0 unspecified atom stereocenters. The normalized spacial score (nSPS) is 11.7. The molecule has 0 N–H and O–H groups in total. The third-order valence-corrected chi connectivity index (χ3v) is 4.14. The van der Waals surface area contributed by atoms with Crippen LogP contribution in [0, 0.1) is 0 Å². The van der Waals surface area contributed by atoms with Crippen molar-refractivity contribution in [2.45, 2.75) is 19.6 Å². The monoisotopic (exact) mass is 426 g/mol. The Kier molecular flexibility index (Phi) is 19.3. The molecular weight excluding hydrogens is 388 g/mol. The van der Waals surface area contributed by atoms with Crippen LogP contribution in [0.25, 0.3) is 0 Å². The highest BCUT2D eigenvalue weighted by molar-refractivity contribution is 6.69. The van der Waals surface area contributed by atoms with Gasteiger partial charge in [-0.3, -0.25) is 0 Å². The molecule has 0 spiro atoms. The molecule has 0 bridgehead atoms. The Hall–Kier alpha value is -0.593. The lowest BCUT2D eigenvalue weighted by Gasteiger charge is -2.16. The van der Waals surface area contributed by atoms with E-state index in [2.05, 4.69) is 24.4 Å². The second-order valence-electron chi connectivity index (χ2n) is 6.65. The Morgan fingerprint density at radius 1 is 0.571 bits per heavy atom. The zero-order valence-electron chi connectivity index (χ0n) is 17.9. The number of methoxy groups -OCH3 is 1. The van der Waals surface area contributed by atoms with E-state index in [1.165, 1.54) is 7.11 Å². The maximum atomic E-state index is 10.8. The number of ether oxygens (including phenoxy) is 7. The minimum absolute atomic E-state index is 0.0574. The summed E-state index contributed by atoms with van der Waals surface area (Å²) in [6.07, 6.45) is 0. The quantitative estimate of drug-likeness (QED) is 0.152. The molecule has 0 aliphatic heterocycles. The van der Waals surface area contributed by atoms with E-state index in [1.54, 1.807) is 0 Å². The minimum atomic E-state index is -1.44. The van der Waals surface area contributed by atoms with Gasteiger partial charge in [0.1, 0.15) is 6.61 Å². The molecule has 168 valence electrons. The van der Waals surface area contributed by atoms with Gasteiger partial charge in [-0.25, -0.2) is 4.79 Å². The van der Waals surface area contributed by atoms with Crippen molar-refractivity contribution in [2.75, 3.05) is 93.0 Å². The molecule has 0 saturated carbocycles. The van der Waals surface area contributed by atoms with Crippen LogP contribution in [-0.2, 0) is 42.4 Å². The fourth-order valence-corrected chi connectivity index (χ4v) is 2.42. The van der Waals surface area contributed by atoms with Gasteiger partial charge in [0.25, 0.3) is 0 Å². The van der Waals surface area contributed by atoms with Gasteiger partial charge in [-0.2, -0.15) is 0 Å². The average Bonchev–Trinajstić information content (AvgIpc) is 2.65. The van der Waals surface area contributed by atoms with Crippen LogP contribution in [-0.4, -0.2) is 107 Å². The average molecular weight is 427 g/mol. The van der Waals surface area contributed by atoms with Crippen molar-refractivity contribution in [3.05, 3.63) is 0 Å². The second-order valence-corrected chi connectivity index (χ2v) is 11.2. The summed E-state index contributed by atoms with van der Waals surface area (Å²) in [5.41, 5.74) is 0. The molecule has 0 fully saturated rings. The first-order chi connectivity index (χ1) is 13.5. The topological polar surface area (TPSA) is 90.9 Å². The van der Waals surface area contributed by atoms with Crippen LogP contribution in [0.15, 0.2) is 0 Å². The predicted octanol–water partition coefficient (Wildman–Crippen LogP) is 1.11. The minimum Gasteiger partial charge on any atom is -0.467 e. The van der Waals surface area contributed by atoms with E-state index < -0.39 is 14.3 Å². The lowest BCUT2D eigenvalue weighted by molar-refractivity contribution is -0.146. The van der Waals surface area contributed by atoms with Gasteiger partial charge in [0.15, 0.2) is 8.32 Å². The fraction of sp³-hybridized carbons (Fsp3) is 0.944. The number of rotatable bonds is 21. The molecule has 10 heteroatoms. The van der Waals surface area contributed by atoms with Gasteiger partial charge in [0.05, 0.1) is 86.4 Å². The molecule has 0 aliphatic rings. The highest BCUT2D eigenvalue weighted by Gasteiger charge is 2.12. The summed E-state index contributed by atoms with van der Waals surface area (Å²) in [7, 11) is -0.119. The first-order valence-corrected chi connectivity index (χ1v) is 13.0. The highest BCUT2D eigenvalue weighted by atomic mass is 28.4. The van der Waals surface area contributed by atoms with Crippen LogP contribution in [0.2, 0.25) is 19.6 Å². The fourth-order valence-electron chi connectivity index (χ4n) is 1.72. The van der Waals surface area contributed by atoms with Gasteiger partial charge in [-0.15, -0.1) is 0 Å². The molecule has 0 aliphatic carbocycles. The van der Waals surface area contributed by atoms with Gasteiger partial charge in [0, 0.05) is 0 Å². The SMILES string of the molecule is COC(=O)COCCOCCOCCOCCOCCOCCO[Si](C)(C)C. The number of carbonyl (C=O) groups is 1. The predicted molar refractivity (Wildman–Crippen MR) is 106 cm³/mol. The summed E-state index contributed by atoms with van der Waals surface area (Å²) in [6.45, 7) is 12.5. The van der Waals surface area contributed by atoms with E-state index in [1.807, 2.05) is 0 Å². The first kappa shape index (κ1) is 27.4. The molecule has 0 aromatic rings. The Morgan fingerprint density at radius 2 is 0.893 bits per heavy atom. The number of hydrogen-bond donors (Lipinski definition) is 0. The summed E-state index contributed by atoms with van der Waals surface area (Å²) in [5, 5.41) is 0. The van der Waals surface area contributed by atoms with Crippen molar-refractivity contribution >= 4 is 14.3 Å². The van der Waals surface area contributed by atoms with Crippen molar-refractivity contribution in [2.24, 2.45) is 0 Å². The van der Waals surface area contributed by atoms with Crippen LogP contribution >= 0.6 is 0 Å². The van der Waals surface area contributed by atoms with Gasteiger partial charge >= 0.3 is 5.97 Å². The summed E-state index contributed by atoms with van der Waals surface area (Å²) in [5.74, 6) is -0.398. The van der Waals surface area contributed by atoms with E-state index in [9.17, 15) is 4.79 Å². The van der Waals surface area contributed by atoms with Crippen LogP contribution < -0.4 is 0 Å². The summed E-state index contributed by atoms with van der Waals surface area (Å²) in [6, 6.07) is 0. The number of esters is 1. The molecule has 9 nitrogen and oxygen atoms in total. The smallest absolute Gasteiger partial charge is 0.331 e. The Labute approximate surface area is 170 Å². The van der Waals surface area contributed by atoms with Crippen LogP contribution in [0.1, 0.15) is 0 Å². The van der Waals surface area contributed by atoms with Crippen molar-refractivity contribution in [3.63, 3.8) is 0 Å². The van der Waals surface area contributed by atoms with Gasteiger partial charge < -0.3 is 37.6 Å². The highest BCUT2D eigenvalue weighted by Crippen LogP contribution is 2.01. The van der Waals surface area contributed by atoms with Crippen molar-refractivity contribution in [1.82, 2.24) is 0 Å². The summed E-state index contributed by atoms with van der Waals surface area (Å²) in [4.78, 5) is 10.8. The van der Waals surface area contributed by atoms with Gasteiger partial charge in [0.2, 0.25) is 0 Å². The van der Waals surface area contributed by atoms with Crippen LogP contribution in [0.4, 0.5) is 0 Å². The van der Waals surface area contributed by atoms with Crippen LogP contribution in [0.3, 0.4) is 0 Å².